The molecule has 3 rings (SSSR count). The van der Waals surface area contributed by atoms with E-state index in [2.05, 4.69) is 21.9 Å². The number of hydrogen-bond acceptors (Lipinski definition) is 5. The van der Waals surface area contributed by atoms with E-state index in [1.807, 2.05) is 44.2 Å². The molecule has 0 saturated heterocycles. The van der Waals surface area contributed by atoms with E-state index in [-0.39, 0.29) is 23.9 Å². The lowest BCUT2D eigenvalue weighted by Gasteiger charge is -2.16. The third-order valence-electron chi connectivity index (χ3n) is 3.98. The highest BCUT2D eigenvalue weighted by atomic mass is 35.5. The summed E-state index contributed by atoms with van der Waals surface area (Å²) in [5.41, 5.74) is 1.88. The molecule has 0 amide bonds. The van der Waals surface area contributed by atoms with Crippen LogP contribution in [0, 0.1) is 0 Å². The average molecular weight is 431 g/mol. The maximum Gasteiger partial charge on any atom is 0.353 e. The zero-order chi connectivity index (χ0) is 21.0. The van der Waals surface area contributed by atoms with E-state index in [9.17, 15) is 4.79 Å². The summed E-state index contributed by atoms with van der Waals surface area (Å²) < 4.78 is 7.18. The predicted molar refractivity (Wildman–Crippen MR) is 117 cm³/mol. The summed E-state index contributed by atoms with van der Waals surface area (Å²) in [4.78, 5) is 20.4. The molecule has 0 spiro atoms. The van der Waals surface area contributed by atoms with Crippen LogP contribution in [0.15, 0.2) is 53.8 Å². The molecule has 150 valence electrons. The number of ether oxygens (including phenoxy) is 1. The van der Waals surface area contributed by atoms with E-state index in [0.717, 1.165) is 16.9 Å². The summed E-state index contributed by atoms with van der Waals surface area (Å²) in [5, 5.41) is 3.63. The molecule has 0 aliphatic carbocycles. The second kappa shape index (κ2) is 9.11. The lowest BCUT2D eigenvalue weighted by Crippen LogP contribution is -2.27. The van der Waals surface area contributed by atoms with Gasteiger partial charge in [-0.1, -0.05) is 36.4 Å². The van der Waals surface area contributed by atoms with Crippen LogP contribution in [0.25, 0.3) is 6.08 Å². The average Bonchev–Trinajstić information content (AvgIpc) is 2.66. The highest BCUT2D eigenvalue weighted by molar-refractivity contribution is 6.30. The highest BCUT2D eigenvalue weighted by Crippen LogP contribution is 2.26. The lowest BCUT2D eigenvalue weighted by molar-refractivity contribution is 0.242. The van der Waals surface area contributed by atoms with Crippen LogP contribution in [0.3, 0.4) is 0 Å². The molecule has 0 fully saturated rings. The number of hydrogen-bond donors (Lipinski definition) is 1. The number of anilines is 2. The van der Waals surface area contributed by atoms with Crippen molar-refractivity contribution in [3.8, 4) is 5.75 Å². The van der Waals surface area contributed by atoms with Crippen molar-refractivity contribution in [3.63, 3.8) is 0 Å². The van der Waals surface area contributed by atoms with Gasteiger partial charge in [0.15, 0.2) is 0 Å². The van der Waals surface area contributed by atoms with E-state index in [1.165, 1.54) is 4.57 Å². The highest BCUT2D eigenvalue weighted by Gasteiger charge is 2.12. The minimum atomic E-state index is -0.508. The normalized spacial score (nSPS) is 10.8. The van der Waals surface area contributed by atoms with Crippen molar-refractivity contribution >= 4 is 40.9 Å². The molecular weight excluding hydrogens is 411 g/mol. The molecule has 0 radical (unpaired) electrons. The van der Waals surface area contributed by atoms with Crippen molar-refractivity contribution in [2.45, 2.75) is 26.5 Å². The van der Waals surface area contributed by atoms with Gasteiger partial charge in [0.2, 0.25) is 11.2 Å². The summed E-state index contributed by atoms with van der Waals surface area (Å²) in [6.45, 7) is 8.01. The van der Waals surface area contributed by atoms with Crippen molar-refractivity contribution in [1.29, 1.82) is 0 Å². The first-order valence-electron chi connectivity index (χ1n) is 8.94. The maximum atomic E-state index is 12.4. The third kappa shape index (κ3) is 5.37. The Balaban J connectivity index is 1.95. The first kappa shape index (κ1) is 20.9. The van der Waals surface area contributed by atoms with Crippen LogP contribution in [0.2, 0.25) is 10.3 Å². The van der Waals surface area contributed by atoms with Crippen molar-refractivity contribution in [2.75, 3.05) is 5.32 Å². The Hall–Kier alpha value is -2.83. The SMILES string of the molecule is C=Cc1cc(Nc2nc(Cl)nc(=O)n2Cc2ccc(Cl)cc2)ccc1OC(C)C. The molecule has 1 heterocycles. The van der Waals surface area contributed by atoms with Gasteiger partial charge in [0.1, 0.15) is 5.75 Å². The Kier molecular flexibility index (Phi) is 6.56. The van der Waals surface area contributed by atoms with Crippen molar-refractivity contribution in [2.24, 2.45) is 0 Å². The van der Waals surface area contributed by atoms with Gasteiger partial charge in [-0.15, -0.1) is 0 Å². The van der Waals surface area contributed by atoms with Gasteiger partial charge in [-0.25, -0.2) is 4.79 Å². The second-order valence-corrected chi connectivity index (χ2v) is 7.33. The number of rotatable bonds is 7. The van der Waals surface area contributed by atoms with E-state index >= 15 is 0 Å². The van der Waals surface area contributed by atoms with Crippen LogP contribution < -0.4 is 15.7 Å². The molecule has 1 N–H and O–H groups in total. The predicted octanol–water partition coefficient (Wildman–Crippen LogP) is 5.17. The fraction of sp³-hybridized carbons (Fsp3) is 0.190. The van der Waals surface area contributed by atoms with E-state index in [4.69, 9.17) is 27.9 Å². The number of aromatic nitrogens is 3. The number of halogens is 2. The van der Waals surface area contributed by atoms with Crippen molar-refractivity contribution < 1.29 is 4.74 Å². The molecule has 8 heteroatoms. The Morgan fingerprint density at radius 3 is 2.55 bits per heavy atom. The molecule has 0 atom stereocenters. The minimum Gasteiger partial charge on any atom is -0.490 e. The molecule has 29 heavy (non-hydrogen) atoms. The van der Waals surface area contributed by atoms with Crippen LogP contribution in [0.5, 0.6) is 5.75 Å². The summed E-state index contributed by atoms with van der Waals surface area (Å²) in [6, 6.07) is 12.7. The summed E-state index contributed by atoms with van der Waals surface area (Å²) in [5.74, 6) is 0.998. The van der Waals surface area contributed by atoms with Crippen LogP contribution in [-0.4, -0.2) is 20.6 Å². The monoisotopic (exact) mass is 430 g/mol. The zero-order valence-electron chi connectivity index (χ0n) is 16.0. The molecule has 0 unspecified atom stereocenters. The van der Waals surface area contributed by atoms with Crippen molar-refractivity contribution in [1.82, 2.24) is 14.5 Å². The minimum absolute atomic E-state index is 0.0396. The molecule has 3 aromatic rings. The number of benzene rings is 2. The fourth-order valence-electron chi connectivity index (χ4n) is 2.69. The summed E-state index contributed by atoms with van der Waals surface area (Å²) in [6.07, 6.45) is 1.74. The Bertz CT molecular complexity index is 1080. The van der Waals surface area contributed by atoms with Gasteiger partial charge in [-0.3, -0.25) is 4.57 Å². The lowest BCUT2D eigenvalue weighted by atomic mass is 10.1. The Morgan fingerprint density at radius 1 is 1.17 bits per heavy atom. The van der Waals surface area contributed by atoms with Crippen LogP contribution in [0.4, 0.5) is 11.6 Å². The molecule has 1 aromatic heterocycles. The van der Waals surface area contributed by atoms with Gasteiger partial charge in [-0.05, 0) is 61.3 Å². The third-order valence-corrected chi connectivity index (χ3v) is 4.40. The standard InChI is InChI=1S/C21H20Cl2N4O2/c1-4-15-11-17(9-10-18(15)29-13(2)3)24-20-25-19(23)26-21(28)27(20)12-14-5-7-16(22)8-6-14/h4-11,13H,1,12H2,2-3H3,(H,24,25,26,28). The first-order valence-corrected chi connectivity index (χ1v) is 9.70. The first-order chi connectivity index (χ1) is 13.9. The molecule has 0 saturated carbocycles. The van der Waals surface area contributed by atoms with Gasteiger partial charge in [-0.2, -0.15) is 9.97 Å². The zero-order valence-corrected chi connectivity index (χ0v) is 17.5. The molecule has 0 bridgehead atoms. The van der Waals surface area contributed by atoms with Crippen molar-refractivity contribution in [3.05, 3.63) is 81.0 Å². The molecule has 6 nitrogen and oxygen atoms in total. The van der Waals surface area contributed by atoms with Crippen LogP contribution in [-0.2, 0) is 6.54 Å². The Morgan fingerprint density at radius 2 is 1.90 bits per heavy atom. The van der Waals surface area contributed by atoms with Gasteiger partial charge >= 0.3 is 5.69 Å². The van der Waals surface area contributed by atoms with Gasteiger partial charge in [0.25, 0.3) is 0 Å². The number of nitrogens with zero attached hydrogens (tertiary/aromatic N) is 3. The van der Waals surface area contributed by atoms with E-state index < -0.39 is 5.69 Å². The molecule has 0 aliphatic heterocycles. The smallest absolute Gasteiger partial charge is 0.353 e. The fourth-order valence-corrected chi connectivity index (χ4v) is 2.97. The molecular formula is C21H20Cl2N4O2. The quantitative estimate of drug-likeness (QED) is 0.559. The van der Waals surface area contributed by atoms with E-state index in [1.54, 1.807) is 18.2 Å². The van der Waals surface area contributed by atoms with Gasteiger partial charge in [0, 0.05) is 16.3 Å². The topological polar surface area (TPSA) is 69.0 Å². The molecule has 0 aliphatic rings. The number of nitrogens with one attached hydrogen (secondary N) is 1. The summed E-state index contributed by atoms with van der Waals surface area (Å²) in [7, 11) is 0. The molecule has 2 aromatic carbocycles. The largest absolute Gasteiger partial charge is 0.490 e. The van der Waals surface area contributed by atoms with Crippen LogP contribution in [0.1, 0.15) is 25.0 Å². The van der Waals surface area contributed by atoms with Crippen LogP contribution >= 0.6 is 23.2 Å². The van der Waals surface area contributed by atoms with Gasteiger partial charge in [0.05, 0.1) is 12.6 Å². The Labute approximate surface area is 178 Å². The van der Waals surface area contributed by atoms with E-state index in [0.29, 0.717) is 10.7 Å². The second-order valence-electron chi connectivity index (χ2n) is 6.56. The van der Waals surface area contributed by atoms with Gasteiger partial charge < -0.3 is 10.1 Å². The summed E-state index contributed by atoms with van der Waals surface area (Å²) >= 11 is 11.9. The maximum absolute atomic E-state index is 12.4.